The molecule has 7 heteroatoms. The molecule has 5 nitrogen and oxygen atoms in total. The van der Waals surface area contributed by atoms with Crippen LogP contribution in [0.15, 0.2) is 24.3 Å². The fourth-order valence-electron chi connectivity index (χ4n) is 2.48. The molecule has 116 valence electrons. The molecule has 1 heterocycles. The van der Waals surface area contributed by atoms with Crippen molar-refractivity contribution in [1.29, 1.82) is 0 Å². The largest absolute Gasteiger partial charge is 0.434 e. The minimum absolute atomic E-state index is 0.104. The third-order valence-electron chi connectivity index (χ3n) is 3.55. The maximum absolute atomic E-state index is 12.6. The number of carbonyl (C=O) groups excluding carboxylic acids is 1. The van der Waals surface area contributed by atoms with E-state index in [0.717, 1.165) is 6.54 Å². The molecule has 0 bridgehead atoms. The van der Waals surface area contributed by atoms with E-state index >= 15 is 0 Å². The number of piperazine rings is 1. The SMILES string of the molecule is CN1CCN(C(=O)c2ccccc2OC(F)F)C(CN)C1. The maximum atomic E-state index is 12.6. The average Bonchev–Trinajstić information content (AvgIpc) is 2.46. The molecule has 0 aromatic heterocycles. The van der Waals surface area contributed by atoms with Gasteiger partial charge < -0.3 is 20.3 Å². The Labute approximate surface area is 122 Å². The zero-order valence-corrected chi connectivity index (χ0v) is 11.8. The number of para-hydroxylation sites is 1. The molecule has 1 fully saturated rings. The van der Waals surface area contributed by atoms with Crippen molar-refractivity contribution in [2.75, 3.05) is 33.2 Å². The van der Waals surface area contributed by atoms with Crippen LogP contribution in [0.3, 0.4) is 0 Å². The third kappa shape index (κ3) is 3.68. The average molecular weight is 299 g/mol. The Bertz CT molecular complexity index is 499. The lowest BCUT2D eigenvalue weighted by Crippen LogP contribution is -2.56. The molecule has 1 amide bonds. The number of nitrogens with two attached hydrogens (primary N) is 1. The number of ether oxygens (including phenoxy) is 1. The van der Waals surface area contributed by atoms with Crippen LogP contribution in [0.2, 0.25) is 0 Å². The topological polar surface area (TPSA) is 58.8 Å². The van der Waals surface area contributed by atoms with E-state index < -0.39 is 6.61 Å². The standard InChI is InChI=1S/C14H19F2N3O2/c1-18-6-7-19(10(8-17)9-18)13(20)11-4-2-3-5-12(11)21-14(15)16/h2-5,10,14H,6-9,17H2,1H3. The van der Waals surface area contributed by atoms with E-state index in [2.05, 4.69) is 9.64 Å². The van der Waals surface area contributed by atoms with E-state index in [1.165, 1.54) is 12.1 Å². The Morgan fingerprint density at radius 1 is 1.43 bits per heavy atom. The minimum Gasteiger partial charge on any atom is -0.434 e. The number of nitrogens with zero attached hydrogens (tertiary/aromatic N) is 2. The minimum atomic E-state index is -2.96. The lowest BCUT2D eigenvalue weighted by molar-refractivity contribution is -0.0503. The van der Waals surface area contributed by atoms with Crippen molar-refractivity contribution < 1.29 is 18.3 Å². The second-order valence-corrected chi connectivity index (χ2v) is 5.02. The predicted octanol–water partition coefficient (Wildman–Crippen LogP) is 1.00. The molecule has 0 aliphatic carbocycles. The molecular weight excluding hydrogens is 280 g/mol. The first-order chi connectivity index (χ1) is 10.0. The highest BCUT2D eigenvalue weighted by atomic mass is 19.3. The summed E-state index contributed by atoms with van der Waals surface area (Å²) in [5, 5.41) is 0. The van der Waals surface area contributed by atoms with Crippen LogP contribution in [0, 0.1) is 0 Å². The molecule has 0 spiro atoms. The summed E-state index contributed by atoms with van der Waals surface area (Å²) in [6.07, 6.45) is 0. The molecule has 1 aromatic carbocycles. The van der Waals surface area contributed by atoms with Gasteiger partial charge in [-0.1, -0.05) is 12.1 Å². The van der Waals surface area contributed by atoms with E-state index in [0.29, 0.717) is 19.6 Å². The molecule has 1 saturated heterocycles. The molecule has 2 N–H and O–H groups in total. The number of hydrogen-bond acceptors (Lipinski definition) is 4. The van der Waals surface area contributed by atoms with Crippen LogP contribution in [-0.2, 0) is 0 Å². The van der Waals surface area contributed by atoms with Gasteiger partial charge in [0.1, 0.15) is 5.75 Å². The summed E-state index contributed by atoms with van der Waals surface area (Å²) in [5.74, 6) is -0.429. The fraction of sp³-hybridized carbons (Fsp3) is 0.500. The van der Waals surface area contributed by atoms with Crippen molar-refractivity contribution in [3.63, 3.8) is 0 Å². The molecule has 1 atom stereocenters. The van der Waals surface area contributed by atoms with Crippen LogP contribution in [0.4, 0.5) is 8.78 Å². The number of rotatable bonds is 4. The summed E-state index contributed by atoms with van der Waals surface area (Å²) < 4.78 is 29.3. The van der Waals surface area contributed by atoms with Gasteiger partial charge in [0.2, 0.25) is 0 Å². The van der Waals surface area contributed by atoms with Gasteiger partial charge in [-0.05, 0) is 19.2 Å². The number of alkyl halides is 2. The molecule has 1 aromatic rings. The molecular formula is C14H19F2N3O2. The highest BCUT2D eigenvalue weighted by molar-refractivity contribution is 5.97. The Kier molecular flexibility index (Phi) is 5.08. The van der Waals surface area contributed by atoms with Crippen LogP contribution in [-0.4, -0.2) is 61.6 Å². The Hall–Kier alpha value is -1.73. The first kappa shape index (κ1) is 15.7. The van der Waals surface area contributed by atoms with Crippen LogP contribution in [0.5, 0.6) is 5.75 Å². The van der Waals surface area contributed by atoms with E-state index in [-0.39, 0.29) is 23.3 Å². The predicted molar refractivity (Wildman–Crippen MR) is 74.4 cm³/mol. The summed E-state index contributed by atoms with van der Waals surface area (Å²) in [4.78, 5) is 16.3. The molecule has 1 unspecified atom stereocenters. The van der Waals surface area contributed by atoms with Crippen molar-refractivity contribution in [2.45, 2.75) is 12.7 Å². The van der Waals surface area contributed by atoms with E-state index in [9.17, 15) is 13.6 Å². The zero-order chi connectivity index (χ0) is 15.4. The lowest BCUT2D eigenvalue weighted by Gasteiger charge is -2.39. The number of carbonyl (C=O) groups is 1. The van der Waals surface area contributed by atoms with E-state index in [1.54, 1.807) is 17.0 Å². The Balaban J connectivity index is 2.23. The normalized spacial score (nSPS) is 19.9. The molecule has 0 radical (unpaired) electrons. The van der Waals surface area contributed by atoms with Crippen molar-refractivity contribution in [3.05, 3.63) is 29.8 Å². The third-order valence-corrected chi connectivity index (χ3v) is 3.55. The summed E-state index contributed by atoms with van der Waals surface area (Å²) >= 11 is 0. The molecule has 0 saturated carbocycles. The Morgan fingerprint density at radius 3 is 2.81 bits per heavy atom. The van der Waals surface area contributed by atoms with Gasteiger partial charge in [-0.15, -0.1) is 0 Å². The van der Waals surface area contributed by atoms with Gasteiger partial charge in [0, 0.05) is 26.2 Å². The van der Waals surface area contributed by atoms with E-state index in [4.69, 9.17) is 5.73 Å². The first-order valence-corrected chi connectivity index (χ1v) is 6.76. The van der Waals surface area contributed by atoms with Crippen LogP contribution < -0.4 is 10.5 Å². The van der Waals surface area contributed by atoms with E-state index in [1.807, 2.05) is 7.05 Å². The zero-order valence-electron chi connectivity index (χ0n) is 11.8. The maximum Gasteiger partial charge on any atom is 0.387 e. The van der Waals surface area contributed by atoms with Crippen LogP contribution >= 0.6 is 0 Å². The summed E-state index contributed by atoms with van der Waals surface area (Å²) in [6.45, 7) is -0.731. The number of hydrogen-bond donors (Lipinski definition) is 1. The number of likely N-dealkylation sites (N-methyl/N-ethyl adjacent to an activating group) is 1. The van der Waals surface area contributed by atoms with Crippen molar-refractivity contribution in [3.8, 4) is 5.75 Å². The van der Waals surface area contributed by atoms with Crippen molar-refractivity contribution in [1.82, 2.24) is 9.80 Å². The highest BCUT2D eigenvalue weighted by Crippen LogP contribution is 2.23. The van der Waals surface area contributed by atoms with Gasteiger partial charge in [0.25, 0.3) is 5.91 Å². The second kappa shape index (κ2) is 6.82. The van der Waals surface area contributed by atoms with Gasteiger partial charge >= 0.3 is 6.61 Å². The quantitative estimate of drug-likeness (QED) is 0.901. The number of halogens is 2. The van der Waals surface area contributed by atoms with Gasteiger partial charge in [0.15, 0.2) is 0 Å². The molecule has 1 aliphatic rings. The van der Waals surface area contributed by atoms with Gasteiger partial charge in [-0.3, -0.25) is 4.79 Å². The van der Waals surface area contributed by atoms with Crippen LogP contribution in [0.25, 0.3) is 0 Å². The number of benzene rings is 1. The second-order valence-electron chi connectivity index (χ2n) is 5.02. The monoisotopic (exact) mass is 299 g/mol. The van der Waals surface area contributed by atoms with Crippen molar-refractivity contribution in [2.24, 2.45) is 5.73 Å². The molecule has 1 aliphatic heterocycles. The van der Waals surface area contributed by atoms with Gasteiger partial charge in [0.05, 0.1) is 11.6 Å². The van der Waals surface area contributed by atoms with Crippen molar-refractivity contribution >= 4 is 5.91 Å². The summed E-state index contributed by atoms with van der Waals surface area (Å²) in [6, 6.07) is 5.91. The summed E-state index contributed by atoms with van der Waals surface area (Å²) in [5.41, 5.74) is 5.86. The first-order valence-electron chi connectivity index (χ1n) is 6.76. The Morgan fingerprint density at radius 2 is 2.14 bits per heavy atom. The number of amides is 1. The summed E-state index contributed by atoms with van der Waals surface area (Å²) in [7, 11) is 1.96. The molecule has 2 rings (SSSR count). The lowest BCUT2D eigenvalue weighted by atomic mass is 10.1. The highest BCUT2D eigenvalue weighted by Gasteiger charge is 2.30. The van der Waals surface area contributed by atoms with Gasteiger partial charge in [-0.2, -0.15) is 8.78 Å². The molecule has 21 heavy (non-hydrogen) atoms. The fourth-order valence-corrected chi connectivity index (χ4v) is 2.48. The van der Waals surface area contributed by atoms with Gasteiger partial charge in [-0.25, -0.2) is 0 Å². The smallest absolute Gasteiger partial charge is 0.387 e. The van der Waals surface area contributed by atoms with Crippen LogP contribution in [0.1, 0.15) is 10.4 Å².